The van der Waals surface area contributed by atoms with Crippen molar-refractivity contribution in [3.05, 3.63) is 6.33 Å². The molecule has 0 amide bonds. The summed E-state index contributed by atoms with van der Waals surface area (Å²) in [7, 11) is 0. The second-order valence-electron chi connectivity index (χ2n) is 3.24. The van der Waals surface area contributed by atoms with Crippen LogP contribution in [0.5, 0.6) is 0 Å². The van der Waals surface area contributed by atoms with E-state index >= 15 is 0 Å². The summed E-state index contributed by atoms with van der Waals surface area (Å²) in [6.45, 7) is 3.96. The molecular formula is C7H14ClN5O. The van der Waals surface area contributed by atoms with Gasteiger partial charge in [0.2, 0.25) is 0 Å². The lowest BCUT2D eigenvalue weighted by Gasteiger charge is -2.13. The van der Waals surface area contributed by atoms with E-state index in [-0.39, 0.29) is 30.7 Å². The molecule has 1 unspecified atom stereocenters. The molecule has 1 atom stereocenters. The van der Waals surface area contributed by atoms with Crippen LogP contribution in [0.3, 0.4) is 0 Å². The van der Waals surface area contributed by atoms with Crippen molar-refractivity contribution in [1.82, 2.24) is 20.2 Å². The quantitative estimate of drug-likeness (QED) is 0.748. The summed E-state index contributed by atoms with van der Waals surface area (Å²) < 4.78 is 1.37. The van der Waals surface area contributed by atoms with Crippen LogP contribution in [0.2, 0.25) is 0 Å². The van der Waals surface area contributed by atoms with Gasteiger partial charge in [-0.05, 0) is 16.3 Å². The molecule has 1 aromatic rings. The number of tetrazole rings is 1. The van der Waals surface area contributed by atoms with Crippen molar-refractivity contribution in [2.75, 3.05) is 0 Å². The lowest BCUT2D eigenvalue weighted by molar-refractivity contribution is -0.121. The molecule has 80 valence electrons. The summed E-state index contributed by atoms with van der Waals surface area (Å²) in [5.41, 5.74) is 5.65. The number of hydrogen-bond donors (Lipinski definition) is 1. The Morgan fingerprint density at radius 1 is 1.57 bits per heavy atom. The van der Waals surface area contributed by atoms with Crippen LogP contribution in [-0.2, 0) is 11.3 Å². The average Bonchev–Trinajstić information content (AvgIpc) is 2.55. The molecule has 0 aliphatic heterocycles. The van der Waals surface area contributed by atoms with Gasteiger partial charge in [-0.25, -0.2) is 4.68 Å². The molecule has 0 fully saturated rings. The Hall–Kier alpha value is -1.01. The van der Waals surface area contributed by atoms with Gasteiger partial charge < -0.3 is 5.73 Å². The average molecular weight is 220 g/mol. The molecule has 0 saturated carbocycles. The van der Waals surface area contributed by atoms with Crippen molar-refractivity contribution >= 4 is 18.2 Å². The second kappa shape index (κ2) is 5.66. The van der Waals surface area contributed by atoms with E-state index in [2.05, 4.69) is 15.5 Å². The van der Waals surface area contributed by atoms with Crippen molar-refractivity contribution in [2.24, 2.45) is 11.7 Å². The van der Waals surface area contributed by atoms with Gasteiger partial charge in [-0.2, -0.15) is 0 Å². The highest BCUT2D eigenvalue weighted by Crippen LogP contribution is 2.00. The fourth-order valence-corrected chi connectivity index (χ4v) is 0.890. The van der Waals surface area contributed by atoms with E-state index in [9.17, 15) is 4.79 Å². The maximum Gasteiger partial charge on any atom is 0.171 e. The van der Waals surface area contributed by atoms with Crippen molar-refractivity contribution < 1.29 is 4.79 Å². The maximum atomic E-state index is 11.4. The van der Waals surface area contributed by atoms with Crippen molar-refractivity contribution in [3.63, 3.8) is 0 Å². The Morgan fingerprint density at radius 2 is 2.21 bits per heavy atom. The zero-order valence-corrected chi connectivity index (χ0v) is 8.94. The molecule has 7 heteroatoms. The maximum absolute atomic E-state index is 11.4. The SMILES string of the molecule is CC(C)C(N)C(=O)Cn1cnnn1.Cl. The zero-order valence-electron chi connectivity index (χ0n) is 8.12. The number of aromatic nitrogens is 4. The smallest absolute Gasteiger partial charge is 0.171 e. The second-order valence-corrected chi connectivity index (χ2v) is 3.24. The van der Waals surface area contributed by atoms with Gasteiger partial charge >= 0.3 is 0 Å². The minimum absolute atomic E-state index is 0. The van der Waals surface area contributed by atoms with Crippen LogP contribution < -0.4 is 5.73 Å². The first-order valence-corrected chi connectivity index (χ1v) is 4.10. The van der Waals surface area contributed by atoms with Crippen LogP contribution in [-0.4, -0.2) is 32.0 Å². The Bertz CT molecular complexity index is 274. The largest absolute Gasteiger partial charge is 0.321 e. The Kier molecular flexibility index (Phi) is 5.26. The summed E-state index contributed by atoms with van der Waals surface area (Å²) in [5, 5.41) is 10.4. The lowest BCUT2D eigenvalue weighted by Crippen LogP contribution is -2.37. The first-order valence-electron chi connectivity index (χ1n) is 4.10. The number of halogens is 1. The van der Waals surface area contributed by atoms with Gasteiger partial charge in [0, 0.05) is 0 Å². The normalized spacial score (nSPS) is 12.3. The molecule has 14 heavy (non-hydrogen) atoms. The molecule has 1 rings (SSSR count). The van der Waals surface area contributed by atoms with E-state index in [1.165, 1.54) is 11.0 Å². The Morgan fingerprint density at radius 3 is 2.64 bits per heavy atom. The molecule has 0 spiro atoms. The fourth-order valence-electron chi connectivity index (χ4n) is 0.890. The zero-order chi connectivity index (χ0) is 9.84. The van der Waals surface area contributed by atoms with Gasteiger partial charge in [-0.15, -0.1) is 17.5 Å². The predicted octanol–water partition coefficient (Wildman–Crippen LogP) is -0.353. The van der Waals surface area contributed by atoms with Crippen LogP contribution in [0.4, 0.5) is 0 Å². The molecule has 1 heterocycles. The third-order valence-corrected chi connectivity index (χ3v) is 1.80. The van der Waals surface area contributed by atoms with Gasteiger partial charge in [0.15, 0.2) is 5.78 Å². The number of ketones is 1. The monoisotopic (exact) mass is 219 g/mol. The number of hydrogen-bond acceptors (Lipinski definition) is 5. The number of Topliss-reactive ketones (excluding diaryl/α,β-unsaturated/α-hetero) is 1. The third kappa shape index (κ3) is 3.39. The molecule has 1 aromatic heterocycles. The van der Waals surface area contributed by atoms with E-state index < -0.39 is 6.04 Å². The summed E-state index contributed by atoms with van der Waals surface area (Å²) in [5.74, 6) is 0.0891. The van der Waals surface area contributed by atoms with Crippen molar-refractivity contribution in [3.8, 4) is 0 Å². The number of carbonyl (C=O) groups is 1. The molecule has 2 N–H and O–H groups in total. The minimum atomic E-state index is -0.441. The first-order chi connectivity index (χ1) is 6.11. The summed E-state index contributed by atoms with van der Waals surface area (Å²) in [6, 6.07) is -0.441. The first kappa shape index (κ1) is 13.0. The molecule has 0 saturated heterocycles. The van der Waals surface area contributed by atoms with Crippen LogP contribution in [0.1, 0.15) is 13.8 Å². The van der Waals surface area contributed by atoms with Gasteiger partial charge in [0.05, 0.1) is 6.04 Å². The highest BCUT2D eigenvalue weighted by molar-refractivity contribution is 5.85. The molecule has 0 bridgehead atoms. The van der Waals surface area contributed by atoms with E-state index in [1.807, 2.05) is 13.8 Å². The highest BCUT2D eigenvalue weighted by atomic mass is 35.5. The van der Waals surface area contributed by atoms with E-state index in [0.717, 1.165) is 0 Å². The van der Waals surface area contributed by atoms with Gasteiger partial charge in [-0.3, -0.25) is 4.79 Å². The van der Waals surface area contributed by atoms with Crippen LogP contribution in [0.25, 0.3) is 0 Å². The van der Waals surface area contributed by atoms with Crippen LogP contribution >= 0.6 is 12.4 Å². The molecule has 0 aliphatic carbocycles. The van der Waals surface area contributed by atoms with Crippen LogP contribution in [0.15, 0.2) is 6.33 Å². The number of nitrogens with zero attached hydrogens (tertiary/aromatic N) is 4. The highest BCUT2D eigenvalue weighted by Gasteiger charge is 2.17. The standard InChI is InChI=1S/C7H13N5O.ClH/c1-5(2)7(8)6(13)3-12-4-9-10-11-12;/h4-5,7H,3,8H2,1-2H3;1H. The summed E-state index contributed by atoms with van der Waals surface area (Å²) in [6.07, 6.45) is 1.39. The topological polar surface area (TPSA) is 86.7 Å². The number of carbonyl (C=O) groups excluding carboxylic acids is 1. The van der Waals surface area contributed by atoms with Crippen molar-refractivity contribution in [1.29, 1.82) is 0 Å². The third-order valence-electron chi connectivity index (χ3n) is 1.80. The number of rotatable bonds is 4. The number of nitrogens with two attached hydrogens (primary N) is 1. The van der Waals surface area contributed by atoms with E-state index in [4.69, 9.17) is 5.73 Å². The van der Waals surface area contributed by atoms with E-state index in [1.54, 1.807) is 0 Å². The molecule has 6 nitrogen and oxygen atoms in total. The molecular weight excluding hydrogens is 206 g/mol. The van der Waals surface area contributed by atoms with Crippen molar-refractivity contribution in [2.45, 2.75) is 26.4 Å². The molecule has 0 radical (unpaired) electrons. The summed E-state index contributed by atoms with van der Waals surface area (Å²) in [4.78, 5) is 11.4. The van der Waals surface area contributed by atoms with Gasteiger partial charge in [-0.1, -0.05) is 13.8 Å². The summed E-state index contributed by atoms with van der Waals surface area (Å²) >= 11 is 0. The fraction of sp³-hybridized carbons (Fsp3) is 0.714. The molecule has 0 aromatic carbocycles. The minimum Gasteiger partial charge on any atom is -0.321 e. The van der Waals surface area contributed by atoms with Gasteiger partial charge in [0.1, 0.15) is 12.9 Å². The van der Waals surface area contributed by atoms with Gasteiger partial charge in [0.25, 0.3) is 0 Å². The predicted molar refractivity (Wildman–Crippen MR) is 52.9 cm³/mol. The Balaban J connectivity index is 0.00000169. The lowest BCUT2D eigenvalue weighted by atomic mass is 10.0. The van der Waals surface area contributed by atoms with E-state index in [0.29, 0.717) is 0 Å². The molecule has 0 aliphatic rings. The van der Waals surface area contributed by atoms with Crippen LogP contribution in [0, 0.1) is 5.92 Å². The Labute approximate surface area is 88.3 Å².